The quantitative estimate of drug-likeness (QED) is 0.820. The highest BCUT2D eigenvalue weighted by molar-refractivity contribution is 5.36. The summed E-state index contributed by atoms with van der Waals surface area (Å²) in [5.41, 5.74) is 3.09. The zero-order chi connectivity index (χ0) is 14.4. The Kier molecular flexibility index (Phi) is 5.02. The van der Waals surface area contributed by atoms with Crippen LogP contribution in [0.3, 0.4) is 0 Å². The highest BCUT2D eigenvalue weighted by Crippen LogP contribution is 2.20. The molecule has 0 aromatic heterocycles. The number of aryl methyl sites for hydroxylation is 2. The zero-order valence-corrected chi connectivity index (χ0v) is 11.9. The van der Waals surface area contributed by atoms with E-state index in [1.54, 1.807) is 0 Å². The fraction of sp³-hybridized carbons (Fsp3) is 0.294. The average molecular weight is 272 g/mol. The molecule has 0 aliphatic carbocycles. The van der Waals surface area contributed by atoms with Gasteiger partial charge in [0.2, 0.25) is 0 Å². The Labute approximate surface area is 119 Å². The van der Waals surface area contributed by atoms with Crippen LogP contribution in [0.15, 0.2) is 42.5 Å². The molecule has 0 saturated carbocycles. The molecule has 106 valence electrons. The summed E-state index contributed by atoms with van der Waals surface area (Å²) in [6.45, 7) is 4.97. The topological polar surface area (TPSA) is 38.7 Å². The third-order valence-corrected chi connectivity index (χ3v) is 3.09. The van der Waals surface area contributed by atoms with Crippen LogP contribution in [0.1, 0.15) is 16.7 Å². The Morgan fingerprint density at radius 2 is 1.60 bits per heavy atom. The molecule has 0 aliphatic rings. The molecular formula is C17H20O3. The molecule has 0 atom stereocenters. The van der Waals surface area contributed by atoms with Gasteiger partial charge in [0.05, 0.1) is 6.61 Å². The predicted molar refractivity (Wildman–Crippen MR) is 79.3 cm³/mol. The van der Waals surface area contributed by atoms with Gasteiger partial charge in [0.1, 0.15) is 24.7 Å². The molecule has 2 rings (SSSR count). The van der Waals surface area contributed by atoms with Gasteiger partial charge in [-0.2, -0.15) is 0 Å². The van der Waals surface area contributed by atoms with Crippen molar-refractivity contribution in [3.8, 4) is 11.5 Å². The third-order valence-electron chi connectivity index (χ3n) is 3.09. The van der Waals surface area contributed by atoms with Crippen LogP contribution in [0, 0.1) is 13.8 Å². The van der Waals surface area contributed by atoms with Crippen molar-refractivity contribution in [3.63, 3.8) is 0 Å². The van der Waals surface area contributed by atoms with Gasteiger partial charge in [0.25, 0.3) is 0 Å². The molecule has 0 bridgehead atoms. The standard InChI is InChI=1S/C17H20O3/c1-13-7-8-14(2)17(11-13)20-10-9-19-16-6-4-3-5-15(16)12-18/h3-8,11,18H,9-10,12H2,1-2H3. The summed E-state index contributed by atoms with van der Waals surface area (Å²) in [5, 5.41) is 9.21. The average Bonchev–Trinajstić information content (AvgIpc) is 2.47. The Morgan fingerprint density at radius 3 is 2.35 bits per heavy atom. The second kappa shape index (κ2) is 6.96. The van der Waals surface area contributed by atoms with Crippen LogP contribution in [0.25, 0.3) is 0 Å². The van der Waals surface area contributed by atoms with Gasteiger partial charge < -0.3 is 14.6 Å². The minimum Gasteiger partial charge on any atom is -0.490 e. The van der Waals surface area contributed by atoms with Gasteiger partial charge in [0.15, 0.2) is 0 Å². The largest absolute Gasteiger partial charge is 0.490 e. The molecule has 0 saturated heterocycles. The maximum absolute atomic E-state index is 9.21. The predicted octanol–water partition coefficient (Wildman–Crippen LogP) is 3.25. The lowest BCUT2D eigenvalue weighted by molar-refractivity contribution is 0.209. The lowest BCUT2D eigenvalue weighted by Gasteiger charge is -2.12. The number of rotatable bonds is 6. The van der Waals surface area contributed by atoms with E-state index in [0.29, 0.717) is 19.0 Å². The van der Waals surface area contributed by atoms with Gasteiger partial charge in [0, 0.05) is 5.56 Å². The van der Waals surface area contributed by atoms with Gasteiger partial charge in [-0.05, 0) is 37.1 Å². The highest BCUT2D eigenvalue weighted by atomic mass is 16.5. The van der Waals surface area contributed by atoms with Crippen molar-refractivity contribution < 1.29 is 14.6 Å². The fourth-order valence-corrected chi connectivity index (χ4v) is 1.94. The molecule has 2 aromatic rings. The lowest BCUT2D eigenvalue weighted by atomic mass is 10.1. The lowest BCUT2D eigenvalue weighted by Crippen LogP contribution is -2.10. The summed E-state index contributed by atoms with van der Waals surface area (Å²) in [5.74, 6) is 1.60. The summed E-state index contributed by atoms with van der Waals surface area (Å²) < 4.78 is 11.4. The van der Waals surface area contributed by atoms with Gasteiger partial charge in [-0.1, -0.05) is 30.3 Å². The van der Waals surface area contributed by atoms with E-state index in [0.717, 1.165) is 16.9 Å². The maximum atomic E-state index is 9.21. The molecule has 3 nitrogen and oxygen atoms in total. The van der Waals surface area contributed by atoms with Crippen LogP contribution < -0.4 is 9.47 Å². The second-order valence-electron chi connectivity index (χ2n) is 4.73. The van der Waals surface area contributed by atoms with E-state index in [-0.39, 0.29) is 6.61 Å². The normalized spacial score (nSPS) is 10.3. The second-order valence-corrected chi connectivity index (χ2v) is 4.73. The zero-order valence-electron chi connectivity index (χ0n) is 11.9. The van der Waals surface area contributed by atoms with E-state index in [1.807, 2.05) is 50.2 Å². The van der Waals surface area contributed by atoms with E-state index < -0.39 is 0 Å². The Morgan fingerprint density at radius 1 is 0.900 bits per heavy atom. The smallest absolute Gasteiger partial charge is 0.124 e. The minimum absolute atomic E-state index is 0.0198. The first-order valence-corrected chi connectivity index (χ1v) is 6.72. The molecule has 0 amide bonds. The Balaban J connectivity index is 1.86. The van der Waals surface area contributed by atoms with Crippen LogP contribution in [0.4, 0.5) is 0 Å². The summed E-state index contributed by atoms with van der Waals surface area (Å²) in [4.78, 5) is 0. The monoisotopic (exact) mass is 272 g/mol. The van der Waals surface area contributed by atoms with Crippen LogP contribution in [-0.4, -0.2) is 18.3 Å². The van der Waals surface area contributed by atoms with Crippen molar-refractivity contribution in [3.05, 3.63) is 59.2 Å². The van der Waals surface area contributed by atoms with Crippen molar-refractivity contribution in [2.75, 3.05) is 13.2 Å². The molecule has 1 N–H and O–H groups in total. The van der Waals surface area contributed by atoms with E-state index in [1.165, 1.54) is 5.56 Å². The summed E-state index contributed by atoms with van der Waals surface area (Å²) in [6.07, 6.45) is 0. The number of aliphatic hydroxyl groups excluding tert-OH is 1. The molecular weight excluding hydrogens is 252 g/mol. The number of hydrogen-bond donors (Lipinski definition) is 1. The summed E-state index contributed by atoms with van der Waals surface area (Å²) in [6, 6.07) is 13.6. The Hall–Kier alpha value is -2.00. The number of para-hydroxylation sites is 1. The number of ether oxygens (including phenoxy) is 2. The van der Waals surface area contributed by atoms with Crippen LogP contribution in [0.2, 0.25) is 0 Å². The van der Waals surface area contributed by atoms with Gasteiger partial charge in [-0.3, -0.25) is 0 Å². The van der Waals surface area contributed by atoms with Crippen molar-refractivity contribution in [1.82, 2.24) is 0 Å². The molecule has 0 heterocycles. The van der Waals surface area contributed by atoms with Crippen LogP contribution in [0.5, 0.6) is 11.5 Å². The molecule has 2 aromatic carbocycles. The number of benzene rings is 2. The van der Waals surface area contributed by atoms with Gasteiger partial charge >= 0.3 is 0 Å². The van der Waals surface area contributed by atoms with Gasteiger partial charge in [-0.15, -0.1) is 0 Å². The molecule has 0 fully saturated rings. The fourth-order valence-electron chi connectivity index (χ4n) is 1.94. The van der Waals surface area contributed by atoms with Crippen molar-refractivity contribution in [2.24, 2.45) is 0 Å². The van der Waals surface area contributed by atoms with Crippen molar-refractivity contribution in [1.29, 1.82) is 0 Å². The minimum atomic E-state index is -0.0198. The van der Waals surface area contributed by atoms with Gasteiger partial charge in [-0.25, -0.2) is 0 Å². The first-order chi connectivity index (χ1) is 9.70. The maximum Gasteiger partial charge on any atom is 0.124 e. The van der Waals surface area contributed by atoms with Crippen molar-refractivity contribution >= 4 is 0 Å². The van der Waals surface area contributed by atoms with Crippen LogP contribution >= 0.6 is 0 Å². The molecule has 0 spiro atoms. The van der Waals surface area contributed by atoms with E-state index in [4.69, 9.17) is 9.47 Å². The molecule has 3 heteroatoms. The third kappa shape index (κ3) is 3.75. The molecule has 0 radical (unpaired) electrons. The first-order valence-electron chi connectivity index (χ1n) is 6.72. The SMILES string of the molecule is Cc1ccc(C)c(OCCOc2ccccc2CO)c1. The number of aliphatic hydroxyl groups is 1. The highest BCUT2D eigenvalue weighted by Gasteiger charge is 2.03. The summed E-state index contributed by atoms with van der Waals surface area (Å²) >= 11 is 0. The number of hydrogen-bond acceptors (Lipinski definition) is 3. The first kappa shape index (κ1) is 14.4. The van der Waals surface area contributed by atoms with E-state index >= 15 is 0 Å². The molecule has 0 aliphatic heterocycles. The van der Waals surface area contributed by atoms with Crippen LogP contribution in [-0.2, 0) is 6.61 Å². The van der Waals surface area contributed by atoms with E-state index in [2.05, 4.69) is 6.07 Å². The van der Waals surface area contributed by atoms with E-state index in [9.17, 15) is 5.11 Å². The molecule has 0 unspecified atom stereocenters. The summed E-state index contributed by atoms with van der Waals surface area (Å²) in [7, 11) is 0. The van der Waals surface area contributed by atoms with Crippen molar-refractivity contribution in [2.45, 2.75) is 20.5 Å². The molecule has 20 heavy (non-hydrogen) atoms. The Bertz CT molecular complexity index is 564.